The van der Waals surface area contributed by atoms with Crippen LogP contribution in [0, 0.1) is 11.7 Å². The first kappa shape index (κ1) is 22.7. The van der Waals surface area contributed by atoms with E-state index in [4.69, 9.17) is 5.73 Å². The fourth-order valence-corrected chi connectivity index (χ4v) is 3.91. The van der Waals surface area contributed by atoms with E-state index in [0.29, 0.717) is 25.2 Å². The standard InChI is InChI=1S/C27H28FN3O2/c28-24-9-3-8-23(15-24)27(33)31(18-21-5-1-4-20(14-21)16-29)17-19-10-12-25(13-11-19)30-26(32)22-6-2-7-22/h1,3-5,8-15,22H,2,6-7,16-18,29H2,(H,30,32). The Bertz CT molecular complexity index is 1130. The predicted octanol–water partition coefficient (Wildman–Crippen LogP) is 4.87. The molecule has 33 heavy (non-hydrogen) atoms. The normalized spacial score (nSPS) is 13.3. The fourth-order valence-electron chi connectivity index (χ4n) is 3.91. The SMILES string of the molecule is NCc1cccc(CN(Cc2ccc(NC(=O)C3CCC3)cc2)C(=O)c2cccc(F)c2)c1. The summed E-state index contributed by atoms with van der Waals surface area (Å²) in [6.45, 7) is 1.13. The summed E-state index contributed by atoms with van der Waals surface area (Å²) in [5.41, 5.74) is 9.66. The maximum absolute atomic E-state index is 13.8. The maximum Gasteiger partial charge on any atom is 0.254 e. The number of nitrogens with two attached hydrogens (primary N) is 1. The van der Waals surface area contributed by atoms with Crippen LogP contribution in [0.25, 0.3) is 0 Å². The van der Waals surface area contributed by atoms with Gasteiger partial charge in [-0.05, 0) is 59.9 Å². The number of rotatable bonds is 8. The number of anilines is 1. The second-order valence-electron chi connectivity index (χ2n) is 8.51. The molecule has 6 heteroatoms. The van der Waals surface area contributed by atoms with Gasteiger partial charge in [-0.15, -0.1) is 0 Å². The van der Waals surface area contributed by atoms with Crippen molar-refractivity contribution in [3.63, 3.8) is 0 Å². The van der Waals surface area contributed by atoms with Crippen molar-refractivity contribution in [3.05, 3.63) is 101 Å². The number of hydrogen-bond donors (Lipinski definition) is 2. The Morgan fingerprint density at radius 1 is 0.909 bits per heavy atom. The largest absolute Gasteiger partial charge is 0.330 e. The lowest BCUT2D eigenvalue weighted by Crippen LogP contribution is -2.30. The molecule has 3 aromatic rings. The molecule has 1 fully saturated rings. The molecule has 1 saturated carbocycles. The zero-order chi connectivity index (χ0) is 23.2. The molecule has 0 unspecified atom stereocenters. The van der Waals surface area contributed by atoms with Gasteiger partial charge in [0.2, 0.25) is 5.91 Å². The monoisotopic (exact) mass is 445 g/mol. The summed E-state index contributed by atoms with van der Waals surface area (Å²) in [6.07, 6.45) is 3.01. The van der Waals surface area contributed by atoms with E-state index in [9.17, 15) is 14.0 Å². The second-order valence-corrected chi connectivity index (χ2v) is 8.51. The molecular formula is C27H28FN3O2. The molecule has 0 bridgehead atoms. The van der Waals surface area contributed by atoms with Gasteiger partial charge in [-0.25, -0.2) is 4.39 Å². The summed E-state index contributed by atoms with van der Waals surface area (Å²) in [6, 6.07) is 21.0. The van der Waals surface area contributed by atoms with E-state index in [2.05, 4.69) is 5.32 Å². The third-order valence-electron chi connectivity index (χ3n) is 6.03. The Morgan fingerprint density at radius 3 is 2.27 bits per heavy atom. The number of nitrogens with zero attached hydrogens (tertiary/aromatic N) is 1. The lowest BCUT2D eigenvalue weighted by atomic mass is 9.85. The van der Waals surface area contributed by atoms with Crippen molar-refractivity contribution in [2.24, 2.45) is 11.7 Å². The molecule has 3 N–H and O–H groups in total. The summed E-state index contributed by atoms with van der Waals surface area (Å²) >= 11 is 0. The summed E-state index contributed by atoms with van der Waals surface area (Å²) in [7, 11) is 0. The topological polar surface area (TPSA) is 75.4 Å². The molecule has 0 aliphatic heterocycles. The first-order valence-corrected chi connectivity index (χ1v) is 11.2. The molecule has 0 radical (unpaired) electrons. The van der Waals surface area contributed by atoms with Crippen LogP contribution in [0.15, 0.2) is 72.8 Å². The molecule has 0 heterocycles. The van der Waals surface area contributed by atoms with Crippen molar-refractivity contribution in [3.8, 4) is 0 Å². The van der Waals surface area contributed by atoms with E-state index in [1.807, 2.05) is 48.5 Å². The van der Waals surface area contributed by atoms with Gasteiger partial charge in [0.1, 0.15) is 5.82 Å². The van der Waals surface area contributed by atoms with Gasteiger partial charge in [-0.3, -0.25) is 9.59 Å². The van der Waals surface area contributed by atoms with Crippen molar-refractivity contribution in [2.45, 2.75) is 38.9 Å². The van der Waals surface area contributed by atoms with Crippen LogP contribution in [0.2, 0.25) is 0 Å². The smallest absolute Gasteiger partial charge is 0.254 e. The van der Waals surface area contributed by atoms with E-state index in [0.717, 1.165) is 41.6 Å². The van der Waals surface area contributed by atoms with E-state index in [1.54, 1.807) is 11.0 Å². The highest BCUT2D eigenvalue weighted by Gasteiger charge is 2.25. The van der Waals surface area contributed by atoms with Crippen LogP contribution >= 0.6 is 0 Å². The predicted molar refractivity (Wildman–Crippen MR) is 127 cm³/mol. The average molecular weight is 446 g/mol. The highest BCUT2D eigenvalue weighted by atomic mass is 19.1. The van der Waals surface area contributed by atoms with Gasteiger partial charge in [0.05, 0.1) is 0 Å². The second kappa shape index (κ2) is 10.4. The van der Waals surface area contributed by atoms with Crippen molar-refractivity contribution in [1.29, 1.82) is 0 Å². The maximum atomic E-state index is 13.8. The van der Waals surface area contributed by atoms with Crippen LogP contribution in [0.5, 0.6) is 0 Å². The molecular weight excluding hydrogens is 417 g/mol. The Kier molecular flexibility index (Phi) is 7.15. The highest BCUT2D eigenvalue weighted by molar-refractivity contribution is 5.94. The van der Waals surface area contributed by atoms with E-state index < -0.39 is 5.82 Å². The first-order chi connectivity index (χ1) is 16.0. The van der Waals surface area contributed by atoms with E-state index in [-0.39, 0.29) is 17.7 Å². The summed E-state index contributed by atoms with van der Waals surface area (Å²) in [5.74, 6) is -0.516. The van der Waals surface area contributed by atoms with Crippen molar-refractivity contribution < 1.29 is 14.0 Å². The Balaban J connectivity index is 1.52. The minimum atomic E-state index is -0.447. The van der Waals surface area contributed by atoms with E-state index in [1.165, 1.54) is 18.2 Å². The Morgan fingerprint density at radius 2 is 1.61 bits per heavy atom. The molecule has 170 valence electrons. The summed E-state index contributed by atoms with van der Waals surface area (Å²) in [4.78, 5) is 27.1. The third-order valence-corrected chi connectivity index (χ3v) is 6.03. The first-order valence-electron chi connectivity index (χ1n) is 11.2. The van der Waals surface area contributed by atoms with Gasteiger partial charge in [0.25, 0.3) is 5.91 Å². The van der Waals surface area contributed by atoms with Crippen molar-refractivity contribution in [2.75, 3.05) is 5.32 Å². The average Bonchev–Trinajstić information content (AvgIpc) is 2.78. The van der Waals surface area contributed by atoms with Crippen LogP contribution in [-0.4, -0.2) is 16.7 Å². The molecule has 4 rings (SSSR count). The quantitative estimate of drug-likeness (QED) is 0.520. The van der Waals surface area contributed by atoms with E-state index >= 15 is 0 Å². The van der Waals surface area contributed by atoms with Crippen LogP contribution in [0.4, 0.5) is 10.1 Å². The third kappa shape index (κ3) is 5.84. The molecule has 2 amide bonds. The fraction of sp³-hybridized carbons (Fsp3) is 0.259. The molecule has 0 spiro atoms. The molecule has 1 aliphatic rings. The van der Waals surface area contributed by atoms with Crippen LogP contribution < -0.4 is 11.1 Å². The lowest BCUT2D eigenvalue weighted by molar-refractivity contribution is -0.122. The van der Waals surface area contributed by atoms with Crippen LogP contribution in [0.1, 0.15) is 46.3 Å². The zero-order valence-electron chi connectivity index (χ0n) is 18.5. The van der Waals surface area contributed by atoms with Gasteiger partial charge in [0.15, 0.2) is 0 Å². The Labute approximate surface area is 193 Å². The van der Waals surface area contributed by atoms with Gasteiger partial charge >= 0.3 is 0 Å². The molecule has 0 aromatic heterocycles. The van der Waals surface area contributed by atoms with Gasteiger partial charge < -0.3 is 16.0 Å². The van der Waals surface area contributed by atoms with Crippen LogP contribution in [-0.2, 0) is 24.4 Å². The van der Waals surface area contributed by atoms with Gasteiger partial charge in [-0.2, -0.15) is 0 Å². The van der Waals surface area contributed by atoms with Gasteiger partial charge in [-0.1, -0.05) is 48.9 Å². The number of hydrogen-bond acceptors (Lipinski definition) is 3. The molecule has 1 aliphatic carbocycles. The summed E-state index contributed by atoms with van der Waals surface area (Å²) < 4.78 is 13.8. The number of carbonyl (C=O) groups excluding carboxylic acids is 2. The molecule has 0 atom stereocenters. The minimum Gasteiger partial charge on any atom is -0.330 e. The number of benzene rings is 3. The van der Waals surface area contributed by atoms with Crippen molar-refractivity contribution in [1.82, 2.24) is 4.90 Å². The molecule has 3 aromatic carbocycles. The van der Waals surface area contributed by atoms with Gasteiger partial charge in [0, 0.05) is 36.8 Å². The highest BCUT2D eigenvalue weighted by Crippen LogP contribution is 2.27. The molecule has 0 saturated heterocycles. The number of carbonyl (C=O) groups is 2. The zero-order valence-corrected chi connectivity index (χ0v) is 18.5. The summed E-state index contributed by atoms with van der Waals surface area (Å²) in [5, 5.41) is 2.96. The number of amides is 2. The Hall–Kier alpha value is -3.51. The van der Waals surface area contributed by atoms with Crippen molar-refractivity contribution >= 4 is 17.5 Å². The number of halogens is 1. The minimum absolute atomic E-state index is 0.0664. The number of nitrogens with one attached hydrogen (secondary N) is 1. The molecule has 5 nitrogen and oxygen atoms in total. The van der Waals surface area contributed by atoms with Crippen LogP contribution in [0.3, 0.4) is 0 Å². The lowest BCUT2D eigenvalue weighted by Gasteiger charge is -2.25.